The number of hydrogen-bond donors (Lipinski definition) is 3. The van der Waals surface area contributed by atoms with Gasteiger partial charge < -0.3 is 15.4 Å². The largest absolute Gasteiger partial charge is 0.495 e. The molecular formula is C17H27N3O4S. The van der Waals surface area contributed by atoms with Gasteiger partial charge in [0.25, 0.3) is 5.91 Å². The van der Waals surface area contributed by atoms with Crippen molar-refractivity contribution < 1.29 is 17.9 Å². The van der Waals surface area contributed by atoms with Gasteiger partial charge in [-0.1, -0.05) is 0 Å². The number of sulfonamides is 1. The Balaban J connectivity index is 2.28. The van der Waals surface area contributed by atoms with Crippen molar-refractivity contribution in [3.8, 4) is 5.75 Å². The Morgan fingerprint density at radius 1 is 1.32 bits per heavy atom. The lowest BCUT2D eigenvalue weighted by Crippen LogP contribution is -2.45. The lowest BCUT2D eigenvalue weighted by atomic mass is 10.1. The summed E-state index contributed by atoms with van der Waals surface area (Å²) in [4.78, 5) is 12.4. The monoisotopic (exact) mass is 369 g/mol. The third-order valence-corrected chi connectivity index (χ3v) is 5.57. The first-order chi connectivity index (χ1) is 11.6. The molecule has 0 radical (unpaired) electrons. The average molecular weight is 369 g/mol. The summed E-state index contributed by atoms with van der Waals surface area (Å²) in [6, 6.07) is 4.49. The van der Waals surface area contributed by atoms with Gasteiger partial charge >= 0.3 is 0 Å². The second-order valence-corrected chi connectivity index (χ2v) is 8.89. The maximum atomic E-state index is 12.7. The molecule has 0 bridgehead atoms. The summed E-state index contributed by atoms with van der Waals surface area (Å²) in [6.07, 6.45) is 1.91. The van der Waals surface area contributed by atoms with E-state index in [1.807, 2.05) is 0 Å². The van der Waals surface area contributed by atoms with Gasteiger partial charge in [0.1, 0.15) is 10.6 Å². The summed E-state index contributed by atoms with van der Waals surface area (Å²) in [7, 11) is -2.42. The number of hydrogen-bond acceptors (Lipinski definition) is 5. The third-order valence-electron chi connectivity index (χ3n) is 3.79. The Hall–Kier alpha value is -1.64. The Kier molecular flexibility index (Phi) is 6.08. The molecule has 25 heavy (non-hydrogen) atoms. The van der Waals surface area contributed by atoms with E-state index >= 15 is 0 Å². The summed E-state index contributed by atoms with van der Waals surface area (Å²) in [5.41, 5.74) is -0.351. The quantitative estimate of drug-likeness (QED) is 0.726. The van der Waals surface area contributed by atoms with Crippen LogP contribution >= 0.6 is 0 Å². The van der Waals surface area contributed by atoms with Gasteiger partial charge in [0.15, 0.2) is 0 Å². The molecule has 1 saturated heterocycles. The van der Waals surface area contributed by atoms with E-state index in [2.05, 4.69) is 15.4 Å². The number of piperidine rings is 1. The first-order valence-electron chi connectivity index (χ1n) is 8.36. The highest BCUT2D eigenvalue weighted by atomic mass is 32.2. The van der Waals surface area contributed by atoms with Crippen LogP contribution in [0.1, 0.15) is 44.0 Å². The van der Waals surface area contributed by atoms with Crippen LogP contribution in [-0.4, -0.2) is 46.1 Å². The third kappa shape index (κ3) is 5.42. The molecule has 1 heterocycles. The second kappa shape index (κ2) is 7.72. The molecule has 0 saturated carbocycles. The molecule has 1 aromatic carbocycles. The van der Waals surface area contributed by atoms with E-state index in [9.17, 15) is 13.2 Å². The number of carbonyl (C=O) groups is 1. The van der Waals surface area contributed by atoms with E-state index in [-0.39, 0.29) is 22.6 Å². The summed E-state index contributed by atoms with van der Waals surface area (Å²) in [6.45, 7) is 6.94. The zero-order valence-corrected chi connectivity index (χ0v) is 16.0. The van der Waals surface area contributed by atoms with Crippen molar-refractivity contribution in [3.05, 3.63) is 23.8 Å². The zero-order chi connectivity index (χ0) is 18.7. The highest BCUT2D eigenvalue weighted by Gasteiger charge is 2.27. The summed E-state index contributed by atoms with van der Waals surface area (Å²) < 4.78 is 33.1. The van der Waals surface area contributed by atoms with E-state index in [1.54, 1.807) is 26.8 Å². The van der Waals surface area contributed by atoms with Gasteiger partial charge in [-0.2, -0.15) is 0 Å². The molecule has 1 aromatic rings. The van der Waals surface area contributed by atoms with E-state index < -0.39 is 15.6 Å². The van der Waals surface area contributed by atoms with Gasteiger partial charge in [0, 0.05) is 23.7 Å². The molecule has 1 aliphatic rings. The lowest BCUT2D eigenvalue weighted by molar-refractivity contribution is 0.0930. The minimum absolute atomic E-state index is 0.0423. The van der Waals surface area contributed by atoms with Crippen molar-refractivity contribution in [3.63, 3.8) is 0 Å². The molecule has 0 aliphatic carbocycles. The molecule has 1 amide bonds. The van der Waals surface area contributed by atoms with Crippen LogP contribution in [0.3, 0.4) is 0 Å². The van der Waals surface area contributed by atoms with Crippen LogP contribution in [0.15, 0.2) is 23.1 Å². The van der Waals surface area contributed by atoms with Crippen molar-refractivity contribution in [1.29, 1.82) is 0 Å². The number of nitrogens with one attached hydrogen (secondary N) is 3. The first kappa shape index (κ1) is 19.7. The lowest BCUT2D eigenvalue weighted by Gasteiger charge is -2.24. The van der Waals surface area contributed by atoms with Crippen LogP contribution in [0, 0.1) is 0 Å². The fraction of sp³-hybridized carbons (Fsp3) is 0.588. The number of carbonyl (C=O) groups excluding carboxylic acids is 1. The molecule has 0 spiro atoms. The predicted octanol–water partition coefficient (Wildman–Crippen LogP) is 1.25. The minimum Gasteiger partial charge on any atom is -0.495 e. The number of amides is 1. The van der Waals surface area contributed by atoms with Gasteiger partial charge in [0.05, 0.1) is 7.11 Å². The van der Waals surface area contributed by atoms with Crippen molar-refractivity contribution in [2.45, 2.75) is 50.1 Å². The van der Waals surface area contributed by atoms with Crippen LogP contribution < -0.4 is 20.1 Å². The summed E-state index contributed by atoms with van der Waals surface area (Å²) in [5, 5.41) is 6.17. The van der Waals surface area contributed by atoms with Gasteiger partial charge in [-0.25, -0.2) is 13.1 Å². The molecule has 2 rings (SSSR count). The molecule has 3 N–H and O–H groups in total. The van der Waals surface area contributed by atoms with Crippen LogP contribution in [0.2, 0.25) is 0 Å². The maximum absolute atomic E-state index is 12.7. The minimum atomic E-state index is -3.82. The molecule has 1 atom stereocenters. The van der Waals surface area contributed by atoms with E-state index in [0.29, 0.717) is 5.56 Å². The van der Waals surface area contributed by atoms with Crippen molar-refractivity contribution in [2.24, 2.45) is 0 Å². The Bertz CT molecular complexity index is 720. The average Bonchev–Trinajstić information content (AvgIpc) is 2.53. The Morgan fingerprint density at radius 3 is 2.60 bits per heavy atom. The van der Waals surface area contributed by atoms with Gasteiger partial charge in [-0.05, 0) is 58.4 Å². The van der Waals surface area contributed by atoms with Crippen molar-refractivity contribution in [2.75, 3.05) is 20.2 Å². The fourth-order valence-electron chi connectivity index (χ4n) is 2.73. The molecule has 1 fully saturated rings. The van der Waals surface area contributed by atoms with E-state index in [0.717, 1.165) is 25.9 Å². The zero-order valence-electron chi connectivity index (χ0n) is 15.2. The van der Waals surface area contributed by atoms with Crippen LogP contribution in [0.4, 0.5) is 0 Å². The van der Waals surface area contributed by atoms with Crippen molar-refractivity contribution >= 4 is 15.9 Å². The molecule has 0 unspecified atom stereocenters. The second-order valence-electron chi connectivity index (χ2n) is 7.24. The first-order valence-corrected chi connectivity index (χ1v) is 9.84. The number of methoxy groups -OCH3 is 1. The Labute approximate surface area is 149 Å². The molecule has 0 aromatic heterocycles. The fourth-order valence-corrected chi connectivity index (χ4v) is 4.34. The number of ether oxygens (including phenoxy) is 1. The van der Waals surface area contributed by atoms with E-state index in [4.69, 9.17) is 4.74 Å². The smallest absolute Gasteiger partial charge is 0.251 e. The number of benzene rings is 1. The normalized spacial score (nSPS) is 18.6. The van der Waals surface area contributed by atoms with Crippen LogP contribution in [0.5, 0.6) is 5.75 Å². The molecule has 8 heteroatoms. The molecular weight excluding hydrogens is 342 g/mol. The highest BCUT2D eigenvalue weighted by Crippen LogP contribution is 2.26. The molecule has 140 valence electrons. The maximum Gasteiger partial charge on any atom is 0.251 e. The summed E-state index contributed by atoms with van der Waals surface area (Å²) in [5.74, 6) is -0.0869. The molecule has 1 aliphatic heterocycles. The van der Waals surface area contributed by atoms with Crippen LogP contribution in [-0.2, 0) is 10.0 Å². The van der Waals surface area contributed by atoms with Gasteiger partial charge in [-0.15, -0.1) is 0 Å². The standard InChI is InChI=1S/C17H27N3O4S/c1-17(2,3)20-25(22,23)15-10-12(7-8-14(15)24-4)16(21)19-13-6-5-9-18-11-13/h7-8,10,13,18,20H,5-6,9,11H2,1-4H3,(H,19,21)/t13-/m0/s1. The Morgan fingerprint density at radius 2 is 2.04 bits per heavy atom. The summed E-state index contributed by atoms with van der Waals surface area (Å²) >= 11 is 0. The van der Waals surface area contributed by atoms with Crippen molar-refractivity contribution in [1.82, 2.24) is 15.4 Å². The number of rotatable bonds is 5. The van der Waals surface area contributed by atoms with Crippen LogP contribution in [0.25, 0.3) is 0 Å². The topological polar surface area (TPSA) is 96.5 Å². The predicted molar refractivity (Wildman–Crippen MR) is 96.4 cm³/mol. The van der Waals surface area contributed by atoms with Gasteiger partial charge in [0.2, 0.25) is 10.0 Å². The SMILES string of the molecule is COc1ccc(C(=O)N[C@H]2CCCNC2)cc1S(=O)(=O)NC(C)(C)C. The molecule has 7 nitrogen and oxygen atoms in total. The highest BCUT2D eigenvalue weighted by molar-refractivity contribution is 7.89. The van der Waals surface area contributed by atoms with E-state index in [1.165, 1.54) is 19.2 Å². The van der Waals surface area contributed by atoms with Gasteiger partial charge in [-0.3, -0.25) is 4.79 Å².